The number of carbonyl (C=O) groups is 1. The standard InChI is InChI=1S/C12H24O/c1-10(2)12(6,7-8-13)9-11(3,4)5/h8,10H,7,9H2,1-6H3. The van der Waals surface area contributed by atoms with Crippen LogP contribution in [0.15, 0.2) is 0 Å². The van der Waals surface area contributed by atoms with Crippen LogP contribution in [0.25, 0.3) is 0 Å². The highest BCUT2D eigenvalue weighted by Gasteiger charge is 2.32. The minimum Gasteiger partial charge on any atom is -0.303 e. The van der Waals surface area contributed by atoms with Gasteiger partial charge in [-0.25, -0.2) is 0 Å². The average molecular weight is 184 g/mol. The molecule has 0 radical (unpaired) electrons. The van der Waals surface area contributed by atoms with E-state index in [0.29, 0.717) is 17.8 Å². The molecule has 1 unspecified atom stereocenters. The fraction of sp³-hybridized carbons (Fsp3) is 0.917. The Morgan fingerprint density at radius 1 is 1.15 bits per heavy atom. The van der Waals surface area contributed by atoms with Gasteiger partial charge in [-0.2, -0.15) is 0 Å². The van der Waals surface area contributed by atoms with E-state index < -0.39 is 0 Å². The third kappa shape index (κ3) is 4.44. The monoisotopic (exact) mass is 184 g/mol. The minimum atomic E-state index is 0.167. The van der Waals surface area contributed by atoms with Crippen molar-refractivity contribution in [2.75, 3.05) is 0 Å². The van der Waals surface area contributed by atoms with Gasteiger partial charge in [0.25, 0.3) is 0 Å². The molecular weight excluding hydrogens is 160 g/mol. The number of aldehydes is 1. The van der Waals surface area contributed by atoms with Gasteiger partial charge in [-0.1, -0.05) is 41.5 Å². The van der Waals surface area contributed by atoms with Crippen LogP contribution in [0.2, 0.25) is 0 Å². The second kappa shape index (κ2) is 4.26. The molecule has 0 bridgehead atoms. The largest absolute Gasteiger partial charge is 0.303 e. The van der Waals surface area contributed by atoms with Crippen LogP contribution >= 0.6 is 0 Å². The molecule has 0 saturated heterocycles. The highest BCUT2D eigenvalue weighted by Crippen LogP contribution is 2.41. The summed E-state index contributed by atoms with van der Waals surface area (Å²) in [5, 5.41) is 0. The Morgan fingerprint density at radius 3 is 1.85 bits per heavy atom. The van der Waals surface area contributed by atoms with E-state index >= 15 is 0 Å². The lowest BCUT2D eigenvalue weighted by Crippen LogP contribution is -2.29. The molecule has 0 aliphatic heterocycles. The Bertz CT molecular complexity index is 164. The first-order chi connectivity index (χ1) is 5.71. The van der Waals surface area contributed by atoms with Crippen molar-refractivity contribution in [3.05, 3.63) is 0 Å². The molecule has 0 fully saturated rings. The zero-order valence-corrected chi connectivity index (χ0v) is 9.98. The van der Waals surface area contributed by atoms with Gasteiger partial charge >= 0.3 is 0 Å². The van der Waals surface area contributed by atoms with E-state index in [1.165, 1.54) is 0 Å². The van der Waals surface area contributed by atoms with Gasteiger partial charge in [-0.3, -0.25) is 0 Å². The predicted octanol–water partition coefficient (Wildman–Crippen LogP) is 3.67. The van der Waals surface area contributed by atoms with Crippen LogP contribution < -0.4 is 0 Å². The molecule has 0 rings (SSSR count). The molecule has 1 heteroatoms. The Morgan fingerprint density at radius 2 is 1.62 bits per heavy atom. The predicted molar refractivity (Wildman–Crippen MR) is 57.7 cm³/mol. The van der Waals surface area contributed by atoms with Crippen molar-refractivity contribution in [1.29, 1.82) is 0 Å². The van der Waals surface area contributed by atoms with Gasteiger partial charge in [0.15, 0.2) is 0 Å². The fourth-order valence-corrected chi connectivity index (χ4v) is 1.91. The van der Waals surface area contributed by atoms with Gasteiger partial charge in [-0.05, 0) is 23.2 Å². The lowest BCUT2D eigenvalue weighted by atomic mass is 9.67. The van der Waals surface area contributed by atoms with Crippen LogP contribution in [0.4, 0.5) is 0 Å². The van der Waals surface area contributed by atoms with Gasteiger partial charge < -0.3 is 4.79 Å². The third-order valence-corrected chi connectivity index (χ3v) is 2.88. The van der Waals surface area contributed by atoms with Crippen molar-refractivity contribution >= 4 is 6.29 Å². The van der Waals surface area contributed by atoms with Crippen LogP contribution in [0.1, 0.15) is 54.4 Å². The van der Waals surface area contributed by atoms with Crippen LogP contribution in [0, 0.1) is 16.7 Å². The smallest absolute Gasteiger partial charge is 0.120 e. The number of carbonyl (C=O) groups excluding carboxylic acids is 1. The maximum Gasteiger partial charge on any atom is 0.120 e. The summed E-state index contributed by atoms with van der Waals surface area (Å²) in [5.41, 5.74) is 0.474. The topological polar surface area (TPSA) is 17.1 Å². The first-order valence-corrected chi connectivity index (χ1v) is 5.15. The van der Waals surface area contributed by atoms with Crippen LogP contribution in [-0.2, 0) is 4.79 Å². The second-order valence-corrected chi connectivity index (χ2v) is 5.92. The molecule has 0 aromatic heterocycles. The Balaban J connectivity index is 4.50. The van der Waals surface area contributed by atoms with E-state index in [0.717, 1.165) is 12.7 Å². The van der Waals surface area contributed by atoms with E-state index in [9.17, 15) is 4.79 Å². The van der Waals surface area contributed by atoms with Crippen molar-refractivity contribution in [2.45, 2.75) is 54.4 Å². The summed E-state index contributed by atoms with van der Waals surface area (Å²) in [4.78, 5) is 10.6. The minimum absolute atomic E-state index is 0.167. The lowest BCUT2D eigenvalue weighted by molar-refractivity contribution is -0.110. The Hall–Kier alpha value is -0.330. The van der Waals surface area contributed by atoms with E-state index in [2.05, 4.69) is 41.5 Å². The molecule has 1 nitrogen and oxygen atoms in total. The molecule has 0 spiro atoms. The number of hydrogen-bond donors (Lipinski definition) is 0. The summed E-state index contributed by atoms with van der Waals surface area (Å²) < 4.78 is 0. The van der Waals surface area contributed by atoms with Crippen molar-refractivity contribution < 1.29 is 4.79 Å². The Labute approximate surface area is 82.9 Å². The Kier molecular flexibility index (Phi) is 4.15. The SMILES string of the molecule is CC(C)C(C)(CC=O)CC(C)(C)C. The zero-order valence-electron chi connectivity index (χ0n) is 9.98. The summed E-state index contributed by atoms with van der Waals surface area (Å²) in [6.45, 7) is 13.3. The summed E-state index contributed by atoms with van der Waals surface area (Å²) in [6.07, 6.45) is 2.85. The molecule has 0 aliphatic carbocycles. The molecule has 13 heavy (non-hydrogen) atoms. The van der Waals surface area contributed by atoms with Gasteiger partial charge in [-0.15, -0.1) is 0 Å². The second-order valence-electron chi connectivity index (χ2n) is 5.92. The highest BCUT2D eigenvalue weighted by molar-refractivity contribution is 5.50. The molecule has 0 N–H and O–H groups in total. The van der Waals surface area contributed by atoms with Crippen molar-refractivity contribution in [1.82, 2.24) is 0 Å². The van der Waals surface area contributed by atoms with E-state index in [-0.39, 0.29) is 5.41 Å². The van der Waals surface area contributed by atoms with Crippen LogP contribution in [-0.4, -0.2) is 6.29 Å². The average Bonchev–Trinajstić information content (AvgIpc) is 1.82. The zero-order chi connectivity index (χ0) is 10.7. The van der Waals surface area contributed by atoms with Crippen LogP contribution in [0.5, 0.6) is 0 Å². The maximum atomic E-state index is 10.6. The van der Waals surface area contributed by atoms with Crippen LogP contribution in [0.3, 0.4) is 0 Å². The number of rotatable bonds is 4. The normalized spacial score (nSPS) is 17.2. The van der Waals surface area contributed by atoms with Gasteiger partial charge in [0, 0.05) is 6.42 Å². The third-order valence-electron chi connectivity index (χ3n) is 2.88. The maximum absolute atomic E-state index is 10.6. The first kappa shape index (κ1) is 12.7. The fourth-order valence-electron chi connectivity index (χ4n) is 1.91. The summed E-state index contributed by atoms with van der Waals surface area (Å²) in [6, 6.07) is 0. The van der Waals surface area contributed by atoms with Crippen molar-refractivity contribution in [3.8, 4) is 0 Å². The molecule has 78 valence electrons. The summed E-state index contributed by atoms with van der Waals surface area (Å²) in [5.74, 6) is 0.567. The molecule has 0 saturated carbocycles. The first-order valence-electron chi connectivity index (χ1n) is 5.15. The molecule has 0 aromatic carbocycles. The number of hydrogen-bond acceptors (Lipinski definition) is 1. The van der Waals surface area contributed by atoms with Crippen molar-refractivity contribution in [3.63, 3.8) is 0 Å². The molecule has 1 atom stereocenters. The lowest BCUT2D eigenvalue weighted by Gasteiger charge is -2.37. The van der Waals surface area contributed by atoms with Gasteiger partial charge in [0.05, 0.1) is 0 Å². The van der Waals surface area contributed by atoms with Gasteiger partial charge in [0.1, 0.15) is 6.29 Å². The summed E-state index contributed by atoms with van der Waals surface area (Å²) in [7, 11) is 0. The summed E-state index contributed by atoms with van der Waals surface area (Å²) >= 11 is 0. The molecule has 0 heterocycles. The molecule has 0 aliphatic rings. The van der Waals surface area contributed by atoms with E-state index in [1.807, 2.05) is 0 Å². The van der Waals surface area contributed by atoms with Crippen molar-refractivity contribution in [2.24, 2.45) is 16.7 Å². The van der Waals surface area contributed by atoms with E-state index in [1.54, 1.807) is 0 Å². The molecule has 0 aromatic rings. The molecule has 0 amide bonds. The highest BCUT2D eigenvalue weighted by atomic mass is 16.1. The quantitative estimate of drug-likeness (QED) is 0.609. The van der Waals surface area contributed by atoms with E-state index in [4.69, 9.17) is 0 Å². The van der Waals surface area contributed by atoms with Gasteiger partial charge in [0.2, 0.25) is 0 Å². The molecular formula is C12H24O.